The van der Waals surface area contributed by atoms with E-state index >= 15 is 0 Å². The predicted octanol–water partition coefficient (Wildman–Crippen LogP) is 3.92. The maximum atomic E-state index is 13.0. The maximum absolute atomic E-state index is 13.0. The second-order valence-corrected chi connectivity index (χ2v) is 7.18. The Morgan fingerprint density at radius 3 is 2.84 bits per heavy atom. The Morgan fingerprint density at radius 1 is 1.19 bits per heavy atom. The van der Waals surface area contributed by atoms with E-state index in [-0.39, 0.29) is 12.1 Å². The van der Waals surface area contributed by atoms with Gasteiger partial charge in [-0.15, -0.1) is 0 Å². The Balaban J connectivity index is 1.42. The molecule has 0 radical (unpaired) electrons. The van der Waals surface area contributed by atoms with Crippen LogP contribution in [0.2, 0.25) is 0 Å². The van der Waals surface area contributed by atoms with Crippen molar-refractivity contribution in [1.29, 1.82) is 0 Å². The van der Waals surface area contributed by atoms with Gasteiger partial charge in [0.1, 0.15) is 12.6 Å². The van der Waals surface area contributed by atoms with Crippen molar-refractivity contribution in [1.82, 2.24) is 20.0 Å². The van der Waals surface area contributed by atoms with Crippen LogP contribution >= 0.6 is 0 Å². The lowest BCUT2D eigenvalue weighted by molar-refractivity contribution is 0.142. The SMILES string of the molecule is COCCOc1ccc(NC(=O)N2CCCCC2c2nc(-c3ccccc3)no2)cn1. The molecule has 0 saturated carbocycles. The van der Waals surface area contributed by atoms with Crippen LogP contribution in [0.5, 0.6) is 5.88 Å². The predicted molar refractivity (Wildman–Crippen MR) is 114 cm³/mol. The van der Waals surface area contributed by atoms with E-state index in [2.05, 4.69) is 20.4 Å². The number of carbonyl (C=O) groups excluding carboxylic acids is 1. The summed E-state index contributed by atoms with van der Waals surface area (Å²) in [6, 6.07) is 12.6. The van der Waals surface area contributed by atoms with Crippen LogP contribution in [-0.4, -0.2) is 52.9 Å². The normalized spacial score (nSPS) is 16.2. The van der Waals surface area contributed by atoms with Crippen LogP contribution in [0.25, 0.3) is 11.4 Å². The number of hydrogen-bond acceptors (Lipinski definition) is 7. The van der Waals surface area contributed by atoms with Gasteiger partial charge < -0.3 is 24.2 Å². The van der Waals surface area contributed by atoms with E-state index in [1.165, 1.54) is 0 Å². The highest BCUT2D eigenvalue weighted by atomic mass is 16.5. The van der Waals surface area contributed by atoms with Crippen molar-refractivity contribution < 1.29 is 18.8 Å². The number of nitrogens with zero attached hydrogens (tertiary/aromatic N) is 4. The smallest absolute Gasteiger partial charge is 0.322 e. The van der Waals surface area contributed by atoms with Gasteiger partial charge in [0, 0.05) is 25.3 Å². The molecule has 0 bridgehead atoms. The average Bonchev–Trinajstić information content (AvgIpc) is 3.31. The number of benzene rings is 1. The number of nitrogens with one attached hydrogen (secondary N) is 1. The Kier molecular flexibility index (Phi) is 6.73. The molecule has 162 valence electrons. The number of carbonyl (C=O) groups is 1. The molecule has 2 aromatic heterocycles. The molecule has 1 unspecified atom stereocenters. The Bertz CT molecular complexity index is 977. The number of piperidine rings is 1. The van der Waals surface area contributed by atoms with Gasteiger partial charge >= 0.3 is 6.03 Å². The third kappa shape index (κ3) is 5.18. The number of hydrogen-bond donors (Lipinski definition) is 1. The summed E-state index contributed by atoms with van der Waals surface area (Å²) < 4.78 is 15.9. The highest BCUT2D eigenvalue weighted by Crippen LogP contribution is 2.31. The second-order valence-electron chi connectivity index (χ2n) is 7.18. The van der Waals surface area contributed by atoms with E-state index < -0.39 is 0 Å². The minimum atomic E-state index is -0.261. The largest absolute Gasteiger partial charge is 0.475 e. The third-order valence-corrected chi connectivity index (χ3v) is 5.05. The molecule has 1 aliphatic heterocycles. The van der Waals surface area contributed by atoms with Gasteiger partial charge in [0.25, 0.3) is 0 Å². The lowest BCUT2D eigenvalue weighted by Gasteiger charge is -2.33. The summed E-state index contributed by atoms with van der Waals surface area (Å²) in [4.78, 5) is 23.5. The minimum Gasteiger partial charge on any atom is -0.475 e. The highest BCUT2D eigenvalue weighted by molar-refractivity contribution is 5.89. The summed E-state index contributed by atoms with van der Waals surface area (Å²) in [5.41, 5.74) is 1.46. The van der Waals surface area contributed by atoms with Gasteiger partial charge in [-0.25, -0.2) is 9.78 Å². The lowest BCUT2D eigenvalue weighted by Crippen LogP contribution is -2.41. The molecule has 9 heteroatoms. The molecule has 1 saturated heterocycles. The van der Waals surface area contributed by atoms with Gasteiger partial charge in [0.2, 0.25) is 17.6 Å². The molecule has 1 atom stereocenters. The van der Waals surface area contributed by atoms with Crippen LogP contribution in [-0.2, 0) is 4.74 Å². The Morgan fingerprint density at radius 2 is 2.06 bits per heavy atom. The van der Waals surface area contributed by atoms with Gasteiger partial charge in [-0.2, -0.15) is 4.98 Å². The van der Waals surface area contributed by atoms with Crippen molar-refractivity contribution in [2.24, 2.45) is 0 Å². The molecule has 0 aliphatic carbocycles. The first-order chi connectivity index (χ1) is 15.2. The first-order valence-corrected chi connectivity index (χ1v) is 10.3. The van der Waals surface area contributed by atoms with Crippen LogP contribution in [0.1, 0.15) is 31.2 Å². The van der Waals surface area contributed by atoms with Crippen molar-refractivity contribution in [3.8, 4) is 17.3 Å². The first-order valence-electron chi connectivity index (χ1n) is 10.3. The van der Waals surface area contributed by atoms with Crippen LogP contribution in [0.4, 0.5) is 10.5 Å². The van der Waals surface area contributed by atoms with Gasteiger partial charge in [-0.1, -0.05) is 35.5 Å². The molecule has 1 N–H and O–H groups in total. The Labute approximate surface area is 180 Å². The standard InChI is InChI=1S/C22H25N5O4/c1-29-13-14-30-19-11-10-17(15-23-19)24-22(28)27-12-6-5-9-18(27)21-25-20(26-31-21)16-7-3-2-4-8-16/h2-4,7-8,10-11,15,18H,5-6,9,12-14H2,1H3,(H,24,28). The molecule has 1 aromatic carbocycles. The first kappa shape index (κ1) is 20.8. The number of ether oxygens (including phenoxy) is 2. The van der Waals surface area contributed by atoms with E-state index in [1.54, 1.807) is 30.3 Å². The molecular formula is C22H25N5O4. The lowest BCUT2D eigenvalue weighted by atomic mass is 10.0. The molecular weight excluding hydrogens is 398 g/mol. The molecule has 31 heavy (non-hydrogen) atoms. The zero-order valence-corrected chi connectivity index (χ0v) is 17.4. The zero-order valence-electron chi connectivity index (χ0n) is 17.4. The number of urea groups is 1. The highest BCUT2D eigenvalue weighted by Gasteiger charge is 2.32. The topological polar surface area (TPSA) is 103 Å². The van der Waals surface area contributed by atoms with Crippen molar-refractivity contribution >= 4 is 11.7 Å². The molecule has 1 fully saturated rings. The van der Waals surface area contributed by atoms with Crippen LogP contribution in [0, 0.1) is 0 Å². The van der Waals surface area contributed by atoms with Gasteiger partial charge in [-0.3, -0.25) is 0 Å². The van der Waals surface area contributed by atoms with Gasteiger partial charge in [0.05, 0.1) is 18.5 Å². The van der Waals surface area contributed by atoms with Crippen LogP contribution in [0.3, 0.4) is 0 Å². The number of pyridine rings is 1. The minimum absolute atomic E-state index is 0.223. The fraction of sp³-hybridized carbons (Fsp3) is 0.364. The Hall–Kier alpha value is -3.46. The number of anilines is 1. The molecule has 3 heterocycles. The number of aromatic nitrogens is 3. The van der Waals surface area contributed by atoms with Crippen LogP contribution < -0.4 is 10.1 Å². The molecule has 3 aromatic rings. The molecule has 1 aliphatic rings. The van der Waals surface area contributed by atoms with Crippen molar-refractivity contribution in [3.05, 3.63) is 54.6 Å². The summed E-state index contributed by atoms with van der Waals surface area (Å²) in [6.07, 6.45) is 4.26. The van der Waals surface area contributed by atoms with E-state index in [0.717, 1.165) is 24.8 Å². The maximum Gasteiger partial charge on any atom is 0.322 e. The number of methoxy groups -OCH3 is 1. The molecule has 2 amide bonds. The molecule has 9 nitrogen and oxygen atoms in total. The number of rotatable bonds is 7. The van der Waals surface area contributed by atoms with Crippen molar-refractivity contribution in [3.63, 3.8) is 0 Å². The van der Waals surface area contributed by atoms with E-state index in [0.29, 0.717) is 43.0 Å². The van der Waals surface area contributed by atoms with Crippen LogP contribution in [0.15, 0.2) is 53.2 Å². The van der Waals surface area contributed by atoms with Gasteiger partial charge in [0.15, 0.2) is 0 Å². The fourth-order valence-electron chi connectivity index (χ4n) is 3.47. The monoisotopic (exact) mass is 423 g/mol. The molecule has 0 spiro atoms. The van der Waals surface area contributed by atoms with E-state index in [9.17, 15) is 4.79 Å². The summed E-state index contributed by atoms with van der Waals surface area (Å²) in [5.74, 6) is 1.45. The molecule has 4 rings (SSSR count). The quantitative estimate of drug-likeness (QED) is 0.575. The van der Waals surface area contributed by atoms with E-state index in [1.807, 2.05) is 30.3 Å². The van der Waals surface area contributed by atoms with Crippen molar-refractivity contribution in [2.45, 2.75) is 25.3 Å². The summed E-state index contributed by atoms with van der Waals surface area (Å²) in [6.45, 7) is 1.52. The second kappa shape index (κ2) is 10.0. The summed E-state index contributed by atoms with van der Waals surface area (Å²) >= 11 is 0. The van der Waals surface area contributed by atoms with E-state index in [4.69, 9.17) is 14.0 Å². The average molecular weight is 423 g/mol. The fourth-order valence-corrected chi connectivity index (χ4v) is 3.47. The number of amides is 2. The van der Waals surface area contributed by atoms with Gasteiger partial charge in [-0.05, 0) is 25.3 Å². The number of likely N-dealkylation sites (tertiary alicyclic amines) is 1. The van der Waals surface area contributed by atoms with Crippen molar-refractivity contribution in [2.75, 3.05) is 32.2 Å². The summed E-state index contributed by atoms with van der Waals surface area (Å²) in [7, 11) is 1.61. The summed E-state index contributed by atoms with van der Waals surface area (Å²) in [5, 5.41) is 7.00. The zero-order chi connectivity index (χ0) is 21.5. The third-order valence-electron chi connectivity index (χ3n) is 5.05.